The van der Waals surface area contributed by atoms with E-state index in [0.717, 1.165) is 6.42 Å². The second kappa shape index (κ2) is 6.18. The predicted octanol–water partition coefficient (Wildman–Crippen LogP) is 2.69. The molecule has 0 saturated heterocycles. The zero-order valence-electron chi connectivity index (χ0n) is 11.2. The van der Waals surface area contributed by atoms with Crippen LogP contribution in [0.25, 0.3) is 0 Å². The summed E-state index contributed by atoms with van der Waals surface area (Å²) >= 11 is 0. The van der Waals surface area contributed by atoms with E-state index in [1.165, 1.54) is 18.4 Å². The molecule has 0 amide bonds. The van der Waals surface area contributed by atoms with Crippen molar-refractivity contribution in [1.82, 2.24) is 9.78 Å². The van der Waals surface area contributed by atoms with Crippen molar-refractivity contribution >= 4 is 11.5 Å². The molecule has 0 unspecified atom stereocenters. The highest BCUT2D eigenvalue weighted by molar-refractivity contribution is 5.95. The van der Waals surface area contributed by atoms with Crippen LogP contribution in [0.1, 0.15) is 35.7 Å². The molecule has 0 aliphatic carbocycles. The summed E-state index contributed by atoms with van der Waals surface area (Å²) < 4.78 is 1.56. The summed E-state index contributed by atoms with van der Waals surface area (Å²) in [5, 5.41) is 4.01. The lowest BCUT2D eigenvalue weighted by atomic mass is 10.0. The summed E-state index contributed by atoms with van der Waals surface area (Å²) in [7, 11) is 0. The second-order valence-corrected chi connectivity index (χ2v) is 4.69. The Morgan fingerprint density at radius 2 is 2.05 bits per heavy atom. The summed E-state index contributed by atoms with van der Waals surface area (Å²) in [6.07, 6.45) is 6.64. The van der Waals surface area contributed by atoms with E-state index in [9.17, 15) is 4.79 Å². The molecule has 4 heteroatoms. The average Bonchev–Trinajstić information content (AvgIpc) is 2.82. The number of aromatic nitrogens is 2. The van der Waals surface area contributed by atoms with Gasteiger partial charge in [-0.25, -0.2) is 0 Å². The molecule has 1 heterocycles. The Balaban J connectivity index is 1.99. The SMILES string of the molecule is CCCCc1ccc(C(=O)Cn2cc(N)cn2)cc1. The summed E-state index contributed by atoms with van der Waals surface area (Å²) in [4.78, 5) is 12.0. The topological polar surface area (TPSA) is 60.9 Å². The van der Waals surface area contributed by atoms with Crippen LogP contribution in [-0.4, -0.2) is 15.6 Å². The van der Waals surface area contributed by atoms with Gasteiger partial charge in [-0.3, -0.25) is 9.48 Å². The molecule has 0 saturated carbocycles. The number of carbonyl (C=O) groups excluding carboxylic acids is 1. The maximum atomic E-state index is 12.0. The van der Waals surface area contributed by atoms with Gasteiger partial charge in [0.1, 0.15) is 6.54 Å². The number of ketones is 1. The van der Waals surface area contributed by atoms with Crippen molar-refractivity contribution < 1.29 is 4.79 Å². The van der Waals surface area contributed by atoms with Gasteiger partial charge >= 0.3 is 0 Å². The molecule has 1 aromatic heterocycles. The zero-order chi connectivity index (χ0) is 13.7. The molecule has 1 aromatic carbocycles. The van der Waals surface area contributed by atoms with E-state index in [1.54, 1.807) is 17.1 Å². The van der Waals surface area contributed by atoms with Gasteiger partial charge in [0.25, 0.3) is 0 Å². The highest BCUT2D eigenvalue weighted by atomic mass is 16.1. The molecule has 0 aliphatic rings. The second-order valence-electron chi connectivity index (χ2n) is 4.69. The Bertz CT molecular complexity index is 543. The number of aryl methyl sites for hydroxylation is 1. The molecule has 0 aliphatic heterocycles. The number of Topliss-reactive ketones (excluding diaryl/α,β-unsaturated/α-hetero) is 1. The maximum Gasteiger partial charge on any atom is 0.184 e. The molecule has 2 N–H and O–H groups in total. The summed E-state index contributed by atoms with van der Waals surface area (Å²) in [6.45, 7) is 2.40. The van der Waals surface area contributed by atoms with E-state index < -0.39 is 0 Å². The Labute approximate surface area is 113 Å². The monoisotopic (exact) mass is 257 g/mol. The number of carbonyl (C=O) groups is 1. The molecule has 19 heavy (non-hydrogen) atoms. The Morgan fingerprint density at radius 1 is 1.32 bits per heavy atom. The van der Waals surface area contributed by atoms with Gasteiger partial charge in [-0.05, 0) is 18.4 Å². The van der Waals surface area contributed by atoms with E-state index >= 15 is 0 Å². The quantitative estimate of drug-likeness (QED) is 0.809. The smallest absolute Gasteiger partial charge is 0.184 e. The van der Waals surface area contributed by atoms with E-state index in [0.29, 0.717) is 11.3 Å². The van der Waals surface area contributed by atoms with E-state index in [4.69, 9.17) is 5.73 Å². The summed E-state index contributed by atoms with van der Waals surface area (Å²) in [5.74, 6) is 0.0464. The van der Waals surface area contributed by atoms with Gasteiger partial charge in [0.2, 0.25) is 0 Å². The van der Waals surface area contributed by atoms with Crippen LogP contribution in [0.5, 0.6) is 0 Å². The minimum Gasteiger partial charge on any atom is -0.396 e. The van der Waals surface area contributed by atoms with Gasteiger partial charge in [0.05, 0.1) is 11.9 Å². The highest BCUT2D eigenvalue weighted by Crippen LogP contribution is 2.09. The van der Waals surface area contributed by atoms with Crippen LogP contribution in [0.2, 0.25) is 0 Å². The van der Waals surface area contributed by atoms with Gasteiger partial charge < -0.3 is 5.73 Å². The molecule has 100 valence electrons. The number of anilines is 1. The van der Waals surface area contributed by atoms with E-state index in [1.807, 2.05) is 24.3 Å². The minimum absolute atomic E-state index is 0.0464. The molecule has 0 fully saturated rings. The van der Waals surface area contributed by atoms with Crippen LogP contribution >= 0.6 is 0 Å². The fourth-order valence-corrected chi connectivity index (χ4v) is 1.94. The number of nitrogens with two attached hydrogens (primary N) is 1. The van der Waals surface area contributed by atoms with Crippen molar-refractivity contribution in [3.8, 4) is 0 Å². The molecular formula is C15H19N3O. The lowest BCUT2D eigenvalue weighted by Crippen LogP contribution is -2.10. The van der Waals surface area contributed by atoms with Crippen LogP contribution in [0.4, 0.5) is 5.69 Å². The van der Waals surface area contributed by atoms with Crippen LogP contribution in [0.3, 0.4) is 0 Å². The van der Waals surface area contributed by atoms with E-state index in [-0.39, 0.29) is 12.3 Å². The molecule has 2 rings (SSSR count). The number of hydrogen-bond donors (Lipinski definition) is 1. The Hall–Kier alpha value is -2.10. The van der Waals surface area contributed by atoms with Crippen molar-refractivity contribution in [2.75, 3.05) is 5.73 Å². The van der Waals surface area contributed by atoms with Crippen molar-refractivity contribution in [3.63, 3.8) is 0 Å². The molecule has 0 atom stereocenters. The molecule has 0 radical (unpaired) electrons. The molecule has 0 spiro atoms. The normalized spacial score (nSPS) is 10.6. The van der Waals surface area contributed by atoms with Crippen molar-refractivity contribution in [2.45, 2.75) is 32.7 Å². The van der Waals surface area contributed by atoms with Gasteiger partial charge in [-0.1, -0.05) is 37.6 Å². The minimum atomic E-state index is 0.0464. The fourth-order valence-electron chi connectivity index (χ4n) is 1.94. The fraction of sp³-hybridized carbons (Fsp3) is 0.333. The Morgan fingerprint density at radius 3 is 2.63 bits per heavy atom. The molecule has 4 nitrogen and oxygen atoms in total. The number of rotatable bonds is 6. The first-order chi connectivity index (χ1) is 9.19. The van der Waals surface area contributed by atoms with Gasteiger partial charge in [0, 0.05) is 11.8 Å². The van der Waals surface area contributed by atoms with Crippen LogP contribution in [-0.2, 0) is 13.0 Å². The van der Waals surface area contributed by atoms with Gasteiger partial charge in [-0.2, -0.15) is 5.10 Å². The lowest BCUT2D eigenvalue weighted by molar-refractivity contribution is 0.0968. The molecule has 2 aromatic rings. The first-order valence-corrected chi connectivity index (χ1v) is 6.59. The van der Waals surface area contributed by atoms with Crippen LogP contribution < -0.4 is 5.73 Å². The van der Waals surface area contributed by atoms with Crippen LogP contribution in [0.15, 0.2) is 36.7 Å². The summed E-state index contributed by atoms with van der Waals surface area (Å²) in [6, 6.07) is 7.83. The first-order valence-electron chi connectivity index (χ1n) is 6.59. The number of hydrogen-bond acceptors (Lipinski definition) is 3. The standard InChI is InChI=1S/C15H19N3O/c1-2-3-4-12-5-7-13(8-6-12)15(19)11-18-10-14(16)9-17-18/h5-10H,2-4,11,16H2,1H3. The van der Waals surface area contributed by atoms with Crippen molar-refractivity contribution in [1.29, 1.82) is 0 Å². The third kappa shape index (κ3) is 3.68. The number of nitrogens with zero attached hydrogens (tertiary/aromatic N) is 2. The van der Waals surface area contributed by atoms with E-state index in [2.05, 4.69) is 12.0 Å². The highest BCUT2D eigenvalue weighted by Gasteiger charge is 2.07. The molecule has 0 bridgehead atoms. The number of nitrogen functional groups attached to an aromatic ring is 1. The first kappa shape index (κ1) is 13.3. The third-order valence-electron chi connectivity index (χ3n) is 3.05. The lowest BCUT2D eigenvalue weighted by Gasteiger charge is -2.04. The van der Waals surface area contributed by atoms with Crippen LogP contribution in [0, 0.1) is 0 Å². The van der Waals surface area contributed by atoms with Gasteiger partial charge in [0.15, 0.2) is 5.78 Å². The third-order valence-corrected chi connectivity index (χ3v) is 3.05. The molecular weight excluding hydrogens is 238 g/mol. The number of unbranched alkanes of at least 4 members (excludes halogenated alkanes) is 1. The average molecular weight is 257 g/mol. The number of benzene rings is 1. The predicted molar refractivity (Wildman–Crippen MR) is 76.0 cm³/mol. The van der Waals surface area contributed by atoms with Crippen molar-refractivity contribution in [3.05, 3.63) is 47.8 Å². The zero-order valence-corrected chi connectivity index (χ0v) is 11.2. The largest absolute Gasteiger partial charge is 0.396 e. The maximum absolute atomic E-state index is 12.0. The Kier molecular flexibility index (Phi) is 4.34. The summed E-state index contributed by atoms with van der Waals surface area (Å²) in [5.41, 5.74) is 8.13. The van der Waals surface area contributed by atoms with Gasteiger partial charge in [-0.15, -0.1) is 0 Å². The van der Waals surface area contributed by atoms with Crippen molar-refractivity contribution in [2.24, 2.45) is 0 Å².